The van der Waals surface area contributed by atoms with Gasteiger partial charge in [-0.2, -0.15) is 0 Å². The third-order valence-electron chi connectivity index (χ3n) is 3.46. The second-order valence-electron chi connectivity index (χ2n) is 5.30. The molecule has 0 spiro atoms. The third kappa shape index (κ3) is 4.55. The summed E-state index contributed by atoms with van der Waals surface area (Å²) in [5.74, 6) is -0.300. The number of nitrogens with one attached hydrogen (secondary N) is 1. The standard InChI is InChI=1S/C18H13BrClN3O2/c19-13-3-7-15(8-4-13)22-17(24)10-23-11-21-16(9-18(23)25)12-1-5-14(20)6-2-12/h1-9,11H,10H2,(H,22,24). The molecule has 0 aliphatic rings. The van der Waals surface area contributed by atoms with Crippen LogP contribution in [-0.4, -0.2) is 15.5 Å². The van der Waals surface area contributed by atoms with Crippen LogP contribution in [0.25, 0.3) is 11.3 Å². The van der Waals surface area contributed by atoms with E-state index in [-0.39, 0.29) is 18.0 Å². The molecule has 7 heteroatoms. The number of hydrogen-bond donors (Lipinski definition) is 1. The van der Waals surface area contributed by atoms with E-state index in [4.69, 9.17) is 11.6 Å². The van der Waals surface area contributed by atoms with Crippen molar-refractivity contribution in [3.05, 3.63) is 80.8 Å². The molecule has 0 aliphatic carbocycles. The van der Waals surface area contributed by atoms with Crippen molar-refractivity contribution in [3.63, 3.8) is 0 Å². The Labute approximate surface area is 157 Å². The molecule has 5 nitrogen and oxygen atoms in total. The fourth-order valence-corrected chi connectivity index (χ4v) is 2.60. The lowest BCUT2D eigenvalue weighted by atomic mass is 10.1. The first-order valence-electron chi connectivity index (χ1n) is 7.39. The van der Waals surface area contributed by atoms with E-state index in [1.807, 2.05) is 12.1 Å². The van der Waals surface area contributed by atoms with Crippen LogP contribution in [0, 0.1) is 0 Å². The van der Waals surface area contributed by atoms with Crippen molar-refractivity contribution in [2.75, 3.05) is 5.32 Å². The highest BCUT2D eigenvalue weighted by Gasteiger charge is 2.08. The van der Waals surface area contributed by atoms with E-state index >= 15 is 0 Å². The monoisotopic (exact) mass is 417 g/mol. The number of nitrogens with zero attached hydrogens (tertiary/aromatic N) is 2. The summed E-state index contributed by atoms with van der Waals surface area (Å²) in [6.07, 6.45) is 1.37. The molecule has 25 heavy (non-hydrogen) atoms. The van der Waals surface area contributed by atoms with Crippen molar-refractivity contribution in [3.8, 4) is 11.3 Å². The Bertz CT molecular complexity index is 953. The van der Waals surface area contributed by atoms with E-state index in [1.165, 1.54) is 17.0 Å². The van der Waals surface area contributed by atoms with Gasteiger partial charge >= 0.3 is 0 Å². The predicted molar refractivity (Wildman–Crippen MR) is 102 cm³/mol. The van der Waals surface area contributed by atoms with Crippen molar-refractivity contribution >= 4 is 39.1 Å². The van der Waals surface area contributed by atoms with E-state index in [0.29, 0.717) is 16.4 Å². The summed E-state index contributed by atoms with van der Waals surface area (Å²) in [4.78, 5) is 28.6. The number of amides is 1. The summed E-state index contributed by atoms with van der Waals surface area (Å²) in [6, 6.07) is 15.6. The molecule has 1 amide bonds. The normalized spacial score (nSPS) is 10.5. The van der Waals surface area contributed by atoms with Crippen LogP contribution >= 0.6 is 27.5 Å². The zero-order chi connectivity index (χ0) is 17.8. The molecule has 3 aromatic rings. The van der Waals surface area contributed by atoms with Gasteiger partial charge in [-0.1, -0.05) is 39.7 Å². The van der Waals surface area contributed by atoms with Gasteiger partial charge in [0.15, 0.2) is 0 Å². The van der Waals surface area contributed by atoms with Gasteiger partial charge in [0.1, 0.15) is 6.54 Å². The number of hydrogen-bond acceptors (Lipinski definition) is 3. The summed E-state index contributed by atoms with van der Waals surface area (Å²) >= 11 is 9.19. The largest absolute Gasteiger partial charge is 0.325 e. The smallest absolute Gasteiger partial charge is 0.254 e. The van der Waals surface area contributed by atoms with E-state index in [9.17, 15) is 9.59 Å². The molecule has 0 aliphatic heterocycles. The van der Waals surface area contributed by atoms with Crippen molar-refractivity contribution in [1.29, 1.82) is 0 Å². The Morgan fingerprint density at radius 2 is 1.80 bits per heavy atom. The molecule has 0 saturated heterocycles. The fourth-order valence-electron chi connectivity index (χ4n) is 2.21. The van der Waals surface area contributed by atoms with Gasteiger partial charge in [-0.3, -0.25) is 14.2 Å². The molecule has 126 valence electrons. The first kappa shape index (κ1) is 17.4. The molecular weight excluding hydrogens is 406 g/mol. The number of carbonyl (C=O) groups is 1. The average Bonchev–Trinajstić information content (AvgIpc) is 2.59. The Morgan fingerprint density at radius 1 is 1.12 bits per heavy atom. The van der Waals surface area contributed by atoms with Gasteiger partial charge in [0, 0.05) is 26.8 Å². The fraction of sp³-hybridized carbons (Fsp3) is 0.0556. The molecular formula is C18H13BrClN3O2. The summed E-state index contributed by atoms with van der Waals surface area (Å²) < 4.78 is 2.18. The van der Waals surface area contributed by atoms with Crippen molar-refractivity contribution in [2.24, 2.45) is 0 Å². The maximum Gasteiger partial charge on any atom is 0.254 e. The zero-order valence-electron chi connectivity index (χ0n) is 12.9. The van der Waals surface area contributed by atoms with Gasteiger partial charge in [0.25, 0.3) is 5.56 Å². The van der Waals surface area contributed by atoms with Crippen LogP contribution in [0.15, 0.2) is 70.2 Å². The van der Waals surface area contributed by atoms with Crippen LogP contribution in [-0.2, 0) is 11.3 Å². The number of halogens is 2. The Balaban J connectivity index is 1.72. The molecule has 0 radical (unpaired) electrons. The van der Waals surface area contributed by atoms with Crippen LogP contribution in [0.3, 0.4) is 0 Å². The highest BCUT2D eigenvalue weighted by atomic mass is 79.9. The highest BCUT2D eigenvalue weighted by Crippen LogP contribution is 2.18. The van der Waals surface area contributed by atoms with E-state index in [2.05, 4.69) is 26.2 Å². The van der Waals surface area contributed by atoms with Crippen LogP contribution in [0.1, 0.15) is 0 Å². The number of anilines is 1. The second-order valence-corrected chi connectivity index (χ2v) is 6.65. The Kier molecular flexibility index (Phi) is 5.31. The molecule has 0 atom stereocenters. The maximum absolute atomic E-state index is 12.2. The summed E-state index contributed by atoms with van der Waals surface area (Å²) in [7, 11) is 0. The second kappa shape index (κ2) is 7.63. The van der Waals surface area contributed by atoms with Crippen LogP contribution in [0.5, 0.6) is 0 Å². The minimum Gasteiger partial charge on any atom is -0.325 e. The molecule has 0 unspecified atom stereocenters. The molecule has 2 aromatic carbocycles. The van der Waals surface area contributed by atoms with Crippen molar-refractivity contribution < 1.29 is 4.79 Å². The van der Waals surface area contributed by atoms with E-state index in [1.54, 1.807) is 36.4 Å². The third-order valence-corrected chi connectivity index (χ3v) is 4.24. The maximum atomic E-state index is 12.2. The van der Waals surface area contributed by atoms with E-state index in [0.717, 1.165) is 10.0 Å². The quantitative estimate of drug-likeness (QED) is 0.697. The van der Waals surface area contributed by atoms with Gasteiger partial charge in [-0.05, 0) is 36.4 Å². The molecule has 3 rings (SSSR count). The molecule has 1 N–H and O–H groups in total. The molecule has 1 aromatic heterocycles. The van der Waals surface area contributed by atoms with Crippen LogP contribution in [0.2, 0.25) is 5.02 Å². The lowest BCUT2D eigenvalue weighted by molar-refractivity contribution is -0.116. The number of aromatic nitrogens is 2. The first-order chi connectivity index (χ1) is 12.0. The zero-order valence-corrected chi connectivity index (χ0v) is 15.3. The molecule has 1 heterocycles. The Hall–Kier alpha value is -2.44. The van der Waals surface area contributed by atoms with Crippen LogP contribution < -0.4 is 10.9 Å². The van der Waals surface area contributed by atoms with Crippen molar-refractivity contribution in [1.82, 2.24) is 9.55 Å². The summed E-state index contributed by atoms with van der Waals surface area (Å²) in [5.41, 5.74) is 1.68. The minimum atomic E-state index is -0.300. The summed E-state index contributed by atoms with van der Waals surface area (Å²) in [5, 5.41) is 3.35. The van der Waals surface area contributed by atoms with Crippen molar-refractivity contribution in [2.45, 2.75) is 6.54 Å². The SMILES string of the molecule is O=C(Cn1cnc(-c2ccc(Cl)cc2)cc1=O)Nc1ccc(Br)cc1. The van der Waals surface area contributed by atoms with Crippen LogP contribution in [0.4, 0.5) is 5.69 Å². The first-order valence-corrected chi connectivity index (χ1v) is 8.56. The molecule has 0 bridgehead atoms. The topological polar surface area (TPSA) is 64.0 Å². The molecule has 0 fully saturated rings. The highest BCUT2D eigenvalue weighted by molar-refractivity contribution is 9.10. The minimum absolute atomic E-state index is 0.108. The van der Waals surface area contributed by atoms with Gasteiger partial charge in [-0.25, -0.2) is 4.98 Å². The van der Waals surface area contributed by atoms with Gasteiger partial charge in [-0.15, -0.1) is 0 Å². The number of rotatable bonds is 4. The summed E-state index contributed by atoms with van der Waals surface area (Å²) in [6.45, 7) is -0.108. The lowest BCUT2D eigenvalue weighted by Crippen LogP contribution is -2.27. The molecule has 0 saturated carbocycles. The van der Waals surface area contributed by atoms with Gasteiger partial charge in [0.2, 0.25) is 5.91 Å². The lowest BCUT2D eigenvalue weighted by Gasteiger charge is -2.08. The van der Waals surface area contributed by atoms with E-state index < -0.39 is 0 Å². The number of benzene rings is 2. The van der Waals surface area contributed by atoms with Gasteiger partial charge < -0.3 is 5.32 Å². The Morgan fingerprint density at radius 3 is 2.44 bits per heavy atom. The average molecular weight is 419 g/mol. The number of carbonyl (C=O) groups excluding carboxylic acids is 1. The van der Waals surface area contributed by atoms with Gasteiger partial charge in [0.05, 0.1) is 12.0 Å². The predicted octanol–water partition coefficient (Wildman–Crippen LogP) is 3.96.